The monoisotopic (exact) mass is 396 g/mol. The number of hydrogen-bond donors (Lipinski definition) is 3. The van der Waals surface area contributed by atoms with Crippen molar-refractivity contribution in [3.8, 4) is 0 Å². The Morgan fingerprint density at radius 2 is 1.93 bits per heavy atom. The molecule has 1 unspecified atom stereocenters. The van der Waals surface area contributed by atoms with Gasteiger partial charge in [-0.3, -0.25) is 4.79 Å². The average Bonchev–Trinajstić information content (AvgIpc) is 3.35. The van der Waals surface area contributed by atoms with Crippen LogP contribution in [0, 0.1) is 11.6 Å². The first-order chi connectivity index (χ1) is 14.0. The van der Waals surface area contributed by atoms with Crippen LogP contribution in [0.3, 0.4) is 0 Å². The maximum Gasteiger partial charge on any atom is 0.273 e. The molecule has 0 saturated heterocycles. The van der Waals surface area contributed by atoms with Crippen molar-refractivity contribution in [2.75, 3.05) is 0 Å². The van der Waals surface area contributed by atoms with E-state index in [0.717, 1.165) is 28.6 Å². The Bertz CT molecular complexity index is 1150. The van der Waals surface area contributed by atoms with Gasteiger partial charge in [-0.25, -0.2) is 13.8 Å². The Balaban J connectivity index is 1.42. The van der Waals surface area contributed by atoms with E-state index >= 15 is 0 Å². The summed E-state index contributed by atoms with van der Waals surface area (Å²) in [6.07, 6.45) is 3.52. The maximum atomic E-state index is 13.7. The molecule has 0 saturated carbocycles. The zero-order chi connectivity index (χ0) is 20.4. The zero-order valence-corrected chi connectivity index (χ0v) is 15.3. The summed E-state index contributed by atoms with van der Waals surface area (Å²) >= 11 is 0. The van der Waals surface area contributed by atoms with E-state index in [4.69, 9.17) is 10.2 Å². The van der Waals surface area contributed by atoms with Crippen LogP contribution in [0.25, 0.3) is 10.9 Å². The lowest BCUT2D eigenvalue weighted by Crippen LogP contribution is -2.24. The summed E-state index contributed by atoms with van der Waals surface area (Å²) < 4.78 is 32.7. The molecule has 4 rings (SSSR count). The minimum Gasteiger partial charge on any atom is -0.446 e. The molecule has 0 aliphatic carbocycles. The number of fused-ring (bicyclic) bond motifs is 1. The number of nitrogens with one attached hydrogen (secondary N) is 2. The first-order valence-electron chi connectivity index (χ1n) is 9.00. The van der Waals surface area contributed by atoms with Crippen LogP contribution >= 0.6 is 0 Å². The number of aromatic nitrogens is 2. The third-order valence-corrected chi connectivity index (χ3v) is 4.67. The summed E-state index contributed by atoms with van der Waals surface area (Å²) in [5.41, 5.74) is 7.97. The van der Waals surface area contributed by atoms with Crippen molar-refractivity contribution in [2.24, 2.45) is 5.73 Å². The molecule has 4 aromatic rings. The molecule has 29 heavy (non-hydrogen) atoms. The van der Waals surface area contributed by atoms with Crippen molar-refractivity contribution in [1.82, 2.24) is 15.3 Å². The molecular formula is C21H18F2N4O2. The van der Waals surface area contributed by atoms with Crippen molar-refractivity contribution < 1.29 is 18.0 Å². The van der Waals surface area contributed by atoms with Crippen molar-refractivity contribution >= 4 is 16.8 Å². The number of nitrogens with zero attached hydrogens (tertiary/aromatic N) is 1. The third-order valence-electron chi connectivity index (χ3n) is 4.67. The van der Waals surface area contributed by atoms with Gasteiger partial charge in [0, 0.05) is 29.2 Å². The molecule has 0 spiro atoms. The van der Waals surface area contributed by atoms with Crippen LogP contribution in [0.1, 0.15) is 33.5 Å². The van der Waals surface area contributed by atoms with Gasteiger partial charge >= 0.3 is 0 Å². The number of benzene rings is 2. The largest absolute Gasteiger partial charge is 0.446 e. The van der Waals surface area contributed by atoms with Gasteiger partial charge in [0.1, 0.15) is 17.9 Å². The molecule has 1 atom stereocenters. The fourth-order valence-corrected chi connectivity index (χ4v) is 3.15. The highest BCUT2D eigenvalue weighted by Crippen LogP contribution is 2.23. The van der Waals surface area contributed by atoms with Gasteiger partial charge in [0.15, 0.2) is 5.69 Å². The van der Waals surface area contributed by atoms with E-state index < -0.39 is 23.6 Å². The van der Waals surface area contributed by atoms with Crippen LogP contribution in [0.15, 0.2) is 59.3 Å². The number of amides is 1. The van der Waals surface area contributed by atoms with E-state index in [1.54, 1.807) is 0 Å². The standard InChI is InChI=1S/C21H18F2N4O2/c22-15-5-3-6-16(23)14(15)10-26-20(28)19-11-29-21(27-19)17(24)8-12-9-25-18-7-2-1-4-13(12)18/h1-7,9,11,17,25H,8,10,24H2,(H,26,28). The maximum absolute atomic E-state index is 13.7. The van der Waals surface area contributed by atoms with Crippen LogP contribution in [0.5, 0.6) is 0 Å². The Labute approximate surface area is 164 Å². The Kier molecular flexibility index (Phi) is 5.09. The number of nitrogens with two attached hydrogens (primary N) is 1. The van der Waals surface area contributed by atoms with Crippen LogP contribution in [-0.4, -0.2) is 15.9 Å². The van der Waals surface area contributed by atoms with Crippen molar-refractivity contribution in [3.05, 3.63) is 89.3 Å². The predicted molar refractivity (Wildman–Crippen MR) is 103 cm³/mol. The highest BCUT2D eigenvalue weighted by atomic mass is 19.1. The van der Waals surface area contributed by atoms with Crippen molar-refractivity contribution in [3.63, 3.8) is 0 Å². The summed E-state index contributed by atoms with van der Waals surface area (Å²) in [6, 6.07) is 10.8. The van der Waals surface area contributed by atoms with Crippen LogP contribution in [0.4, 0.5) is 8.78 Å². The van der Waals surface area contributed by atoms with Crippen molar-refractivity contribution in [1.29, 1.82) is 0 Å². The van der Waals surface area contributed by atoms with Gasteiger partial charge < -0.3 is 20.5 Å². The summed E-state index contributed by atoms with van der Waals surface area (Å²) in [5.74, 6) is -1.86. The lowest BCUT2D eigenvalue weighted by molar-refractivity contribution is 0.0945. The molecule has 0 aliphatic rings. The van der Waals surface area contributed by atoms with Gasteiger partial charge in [0.2, 0.25) is 5.89 Å². The second-order valence-electron chi connectivity index (χ2n) is 6.62. The van der Waals surface area contributed by atoms with Crippen molar-refractivity contribution in [2.45, 2.75) is 19.0 Å². The van der Waals surface area contributed by atoms with Gasteiger partial charge in [-0.05, 0) is 30.2 Å². The molecule has 4 N–H and O–H groups in total. The smallest absolute Gasteiger partial charge is 0.273 e. The number of para-hydroxylation sites is 1. The lowest BCUT2D eigenvalue weighted by atomic mass is 10.1. The van der Waals surface area contributed by atoms with E-state index in [9.17, 15) is 13.6 Å². The van der Waals surface area contributed by atoms with Gasteiger partial charge in [-0.1, -0.05) is 24.3 Å². The number of carbonyl (C=O) groups is 1. The van der Waals surface area contributed by atoms with E-state index in [1.165, 1.54) is 12.3 Å². The number of rotatable bonds is 6. The van der Waals surface area contributed by atoms with Crippen LogP contribution < -0.4 is 11.1 Å². The molecule has 0 bridgehead atoms. The molecular weight excluding hydrogens is 378 g/mol. The normalized spacial score (nSPS) is 12.2. The summed E-state index contributed by atoms with van der Waals surface area (Å²) in [4.78, 5) is 19.5. The molecule has 6 nitrogen and oxygen atoms in total. The fourth-order valence-electron chi connectivity index (χ4n) is 3.15. The highest BCUT2D eigenvalue weighted by Gasteiger charge is 2.19. The average molecular weight is 396 g/mol. The number of hydrogen-bond acceptors (Lipinski definition) is 4. The minimum absolute atomic E-state index is 0.00822. The first kappa shape index (κ1) is 18.8. The molecule has 2 aromatic carbocycles. The molecule has 2 aromatic heterocycles. The molecule has 0 radical (unpaired) electrons. The second kappa shape index (κ2) is 7.84. The minimum atomic E-state index is -0.730. The first-order valence-corrected chi connectivity index (χ1v) is 9.00. The third kappa shape index (κ3) is 3.88. The Morgan fingerprint density at radius 3 is 2.72 bits per heavy atom. The summed E-state index contributed by atoms with van der Waals surface area (Å²) in [5, 5.41) is 3.49. The molecule has 0 fully saturated rings. The molecule has 8 heteroatoms. The number of halogens is 2. The number of carbonyl (C=O) groups excluding carboxylic acids is 1. The Morgan fingerprint density at radius 1 is 1.17 bits per heavy atom. The SMILES string of the molecule is NC(Cc1c[nH]c2ccccc12)c1nc(C(=O)NCc2c(F)cccc2F)co1. The molecule has 0 aliphatic heterocycles. The quantitative estimate of drug-likeness (QED) is 0.464. The topological polar surface area (TPSA) is 96.9 Å². The zero-order valence-electron chi connectivity index (χ0n) is 15.3. The molecule has 148 valence electrons. The summed E-state index contributed by atoms with van der Waals surface area (Å²) in [7, 11) is 0. The fraction of sp³-hybridized carbons (Fsp3) is 0.143. The van der Waals surface area contributed by atoms with E-state index in [1.807, 2.05) is 30.5 Å². The number of aromatic amines is 1. The molecule has 2 heterocycles. The van der Waals surface area contributed by atoms with Gasteiger partial charge in [-0.15, -0.1) is 0 Å². The molecule has 1 amide bonds. The summed E-state index contributed by atoms with van der Waals surface area (Å²) in [6.45, 7) is -0.305. The highest BCUT2D eigenvalue weighted by molar-refractivity contribution is 5.91. The predicted octanol–water partition coefficient (Wildman–Crippen LogP) is 3.61. The van der Waals surface area contributed by atoms with Gasteiger partial charge in [-0.2, -0.15) is 0 Å². The number of oxazole rings is 1. The Hall–Kier alpha value is -3.52. The van der Waals surface area contributed by atoms with Crippen LogP contribution in [0.2, 0.25) is 0 Å². The lowest BCUT2D eigenvalue weighted by Gasteiger charge is -2.07. The van der Waals surface area contributed by atoms with E-state index in [-0.39, 0.29) is 23.7 Å². The van der Waals surface area contributed by atoms with Crippen LogP contribution in [-0.2, 0) is 13.0 Å². The van der Waals surface area contributed by atoms with E-state index in [0.29, 0.717) is 6.42 Å². The number of H-pyrrole nitrogens is 1. The van der Waals surface area contributed by atoms with Gasteiger partial charge in [0.25, 0.3) is 5.91 Å². The van der Waals surface area contributed by atoms with Gasteiger partial charge in [0.05, 0.1) is 6.04 Å². The second-order valence-corrected chi connectivity index (χ2v) is 6.62. The van der Waals surface area contributed by atoms with E-state index in [2.05, 4.69) is 15.3 Å².